The zero-order valence-corrected chi connectivity index (χ0v) is 14.8. The van der Waals surface area contributed by atoms with Crippen molar-refractivity contribution in [2.45, 2.75) is 39.7 Å². The summed E-state index contributed by atoms with van der Waals surface area (Å²) in [6.45, 7) is 7.94. The van der Waals surface area contributed by atoms with Crippen LogP contribution in [0.2, 0.25) is 0 Å². The number of benzene rings is 1. The number of carbonyl (C=O) groups excluding carboxylic acids is 1. The lowest BCUT2D eigenvalue weighted by Gasteiger charge is -2.37. The number of hydrogen-bond acceptors (Lipinski definition) is 4. The fourth-order valence-electron chi connectivity index (χ4n) is 2.85. The lowest BCUT2D eigenvalue weighted by atomic mass is 10.0. The maximum Gasteiger partial charge on any atom is 0.409 e. The van der Waals surface area contributed by atoms with Gasteiger partial charge in [0.15, 0.2) is 0 Å². The van der Waals surface area contributed by atoms with Crippen LogP contribution in [0.15, 0.2) is 36.5 Å². The normalized spacial score (nSPS) is 15.9. The van der Waals surface area contributed by atoms with E-state index in [0.717, 1.165) is 18.5 Å². The van der Waals surface area contributed by atoms with Gasteiger partial charge in [-0.05, 0) is 49.9 Å². The summed E-state index contributed by atoms with van der Waals surface area (Å²) in [6, 6.07) is 7.60. The summed E-state index contributed by atoms with van der Waals surface area (Å²) in [6.07, 6.45) is 5.86. The quantitative estimate of drug-likeness (QED) is 0.886. The first-order valence-corrected chi connectivity index (χ1v) is 8.68. The van der Waals surface area contributed by atoms with Crippen LogP contribution in [0, 0.1) is 5.92 Å². The van der Waals surface area contributed by atoms with E-state index in [2.05, 4.69) is 31.0 Å². The summed E-state index contributed by atoms with van der Waals surface area (Å²) in [4.78, 5) is 15.9. The summed E-state index contributed by atoms with van der Waals surface area (Å²) in [5, 5.41) is 9.52. The number of allylic oxidation sites excluding steroid dienone is 1. The highest BCUT2D eigenvalue weighted by molar-refractivity contribution is 5.67. The molecule has 0 atom stereocenters. The van der Waals surface area contributed by atoms with E-state index in [0.29, 0.717) is 31.7 Å². The number of nitrogens with zero attached hydrogens (tertiary/aromatic N) is 2. The van der Waals surface area contributed by atoms with Gasteiger partial charge in [-0.25, -0.2) is 4.79 Å². The molecule has 1 saturated heterocycles. The maximum absolute atomic E-state index is 11.8. The van der Waals surface area contributed by atoms with Gasteiger partial charge in [0.05, 0.1) is 6.61 Å². The monoisotopic (exact) mass is 332 g/mol. The van der Waals surface area contributed by atoms with Crippen LogP contribution in [0.5, 0.6) is 5.75 Å². The number of amides is 1. The van der Waals surface area contributed by atoms with E-state index in [1.807, 2.05) is 19.1 Å². The molecule has 24 heavy (non-hydrogen) atoms. The van der Waals surface area contributed by atoms with Crippen molar-refractivity contribution >= 4 is 11.8 Å². The van der Waals surface area contributed by atoms with E-state index in [-0.39, 0.29) is 11.8 Å². The number of ether oxygens (including phenoxy) is 1. The number of anilines is 1. The first kappa shape index (κ1) is 18.2. The minimum absolute atomic E-state index is 0.218. The summed E-state index contributed by atoms with van der Waals surface area (Å²) in [5.74, 6) is 0.730. The van der Waals surface area contributed by atoms with Gasteiger partial charge in [0.25, 0.3) is 0 Å². The predicted molar refractivity (Wildman–Crippen MR) is 96.2 cm³/mol. The van der Waals surface area contributed by atoms with E-state index in [1.54, 1.807) is 17.0 Å². The molecule has 132 valence electrons. The van der Waals surface area contributed by atoms with E-state index >= 15 is 0 Å². The molecule has 5 heteroatoms. The Labute approximate surface area is 144 Å². The van der Waals surface area contributed by atoms with Crippen LogP contribution in [-0.2, 0) is 4.74 Å². The van der Waals surface area contributed by atoms with Gasteiger partial charge in [0.1, 0.15) is 5.75 Å². The lowest BCUT2D eigenvalue weighted by Crippen LogP contribution is -2.45. The number of phenolic OH excluding ortho intramolecular Hbond substituents is 1. The van der Waals surface area contributed by atoms with Crippen molar-refractivity contribution in [1.82, 2.24) is 4.90 Å². The number of aromatic hydroxyl groups is 1. The summed E-state index contributed by atoms with van der Waals surface area (Å²) >= 11 is 0. The zero-order chi connectivity index (χ0) is 17.5. The molecule has 1 aromatic rings. The molecular weight excluding hydrogens is 304 g/mol. The minimum atomic E-state index is -0.218. The van der Waals surface area contributed by atoms with Crippen molar-refractivity contribution < 1.29 is 14.6 Å². The second-order valence-electron chi connectivity index (χ2n) is 6.43. The van der Waals surface area contributed by atoms with Crippen LogP contribution in [0.25, 0.3) is 0 Å². The van der Waals surface area contributed by atoms with E-state index in [4.69, 9.17) is 4.74 Å². The average Bonchev–Trinajstić information content (AvgIpc) is 2.57. The average molecular weight is 332 g/mol. The number of phenols is 1. The molecule has 0 radical (unpaired) electrons. The molecule has 1 heterocycles. The Morgan fingerprint density at radius 3 is 2.50 bits per heavy atom. The van der Waals surface area contributed by atoms with E-state index in [9.17, 15) is 9.90 Å². The van der Waals surface area contributed by atoms with Gasteiger partial charge in [0, 0.05) is 31.0 Å². The summed E-state index contributed by atoms with van der Waals surface area (Å²) in [7, 11) is 0. The molecule has 0 spiro atoms. The van der Waals surface area contributed by atoms with Crippen molar-refractivity contribution in [3.63, 3.8) is 0 Å². The maximum atomic E-state index is 11.8. The second-order valence-corrected chi connectivity index (χ2v) is 6.43. The Morgan fingerprint density at radius 2 is 1.96 bits per heavy atom. The van der Waals surface area contributed by atoms with E-state index < -0.39 is 0 Å². The van der Waals surface area contributed by atoms with Crippen LogP contribution in [0.1, 0.15) is 33.6 Å². The third kappa shape index (κ3) is 4.91. The Balaban J connectivity index is 2.08. The van der Waals surface area contributed by atoms with Gasteiger partial charge in [0.2, 0.25) is 0 Å². The van der Waals surface area contributed by atoms with Crippen molar-refractivity contribution in [2.75, 3.05) is 24.6 Å². The highest BCUT2D eigenvalue weighted by Gasteiger charge is 2.27. The van der Waals surface area contributed by atoms with Crippen molar-refractivity contribution in [3.05, 3.63) is 36.5 Å². The zero-order valence-electron chi connectivity index (χ0n) is 14.8. The van der Waals surface area contributed by atoms with Crippen LogP contribution >= 0.6 is 0 Å². The minimum Gasteiger partial charge on any atom is -0.508 e. The first-order chi connectivity index (χ1) is 11.5. The molecule has 1 aromatic carbocycles. The molecule has 0 saturated carbocycles. The Morgan fingerprint density at radius 1 is 1.33 bits per heavy atom. The van der Waals surface area contributed by atoms with Crippen molar-refractivity contribution in [2.24, 2.45) is 5.92 Å². The molecule has 1 amide bonds. The molecule has 2 rings (SSSR count). The molecule has 0 aromatic heterocycles. The second kappa shape index (κ2) is 8.62. The van der Waals surface area contributed by atoms with Crippen LogP contribution < -0.4 is 4.90 Å². The van der Waals surface area contributed by atoms with Crippen molar-refractivity contribution in [3.8, 4) is 5.75 Å². The van der Waals surface area contributed by atoms with E-state index in [1.165, 1.54) is 0 Å². The molecule has 1 aliphatic rings. The first-order valence-electron chi connectivity index (χ1n) is 8.68. The molecular formula is C19H28N2O3. The van der Waals surface area contributed by atoms with Crippen LogP contribution in [0.4, 0.5) is 10.5 Å². The van der Waals surface area contributed by atoms with Gasteiger partial charge in [-0.15, -0.1) is 0 Å². The molecule has 0 unspecified atom stereocenters. The Bertz CT molecular complexity index is 546. The summed E-state index contributed by atoms with van der Waals surface area (Å²) < 4.78 is 5.09. The van der Waals surface area contributed by atoms with Gasteiger partial charge in [-0.3, -0.25) is 0 Å². The number of piperidine rings is 1. The van der Waals surface area contributed by atoms with Gasteiger partial charge < -0.3 is 19.6 Å². The fourth-order valence-corrected chi connectivity index (χ4v) is 2.85. The molecule has 0 aliphatic carbocycles. The number of carbonyl (C=O) groups is 1. The highest BCUT2D eigenvalue weighted by atomic mass is 16.6. The van der Waals surface area contributed by atoms with Gasteiger partial charge in [-0.2, -0.15) is 0 Å². The fraction of sp³-hybridized carbons (Fsp3) is 0.526. The number of rotatable bonds is 5. The van der Waals surface area contributed by atoms with Crippen LogP contribution in [0.3, 0.4) is 0 Å². The number of hydrogen-bond donors (Lipinski definition) is 1. The van der Waals surface area contributed by atoms with Crippen molar-refractivity contribution in [1.29, 1.82) is 0 Å². The standard InChI is InChI=1S/C19H28N2O3/c1-4-24-19(23)20-12-10-17(11-13-20)21(14-9-15(2)3)16-5-7-18(22)8-6-16/h5-9,14-15,17,22H,4,10-13H2,1-3H3/b14-9+. The lowest BCUT2D eigenvalue weighted by molar-refractivity contribution is 0.0973. The van der Waals surface area contributed by atoms with Gasteiger partial charge in [-0.1, -0.05) is 19.9 Å². The SMILES string of the molecule is CCOC(=O)N1CCC(N(/C=C/C(C)C)c2ccc(O)cc2)CC1. The smallest absolute Gasteiger partial charge is 0.409 e. The highest BCUT2D eigenvalue weighted by Crippen LogP contribution is 2.26. The third-order valence-corrected chi connectivity index (χ3v) is 4.16. The topological polar surface area (TPSA) is 53.0 Å². The number of likely N-dealkylation sites (tertiary alicyclic amines) is 1. The van der Waals surface area contributed by atoms with Gasteiger partial charge >= 0.3 is 6.09 Å². The largest absolute Gasteiger partial charge is 0.508 e. The molecule has 1 aliphatic heterocycles. The predicted octanol–water partition coefficient (Wildman–Crippen LogP) is 3.99. The molecule has 0 bridgehead atoms. The Kier molecular flexibility index (Phi) is 6.53. The third-order valence-electron chi connectivity index (χ3n) is 4.16. The molecule has 1 fully saturated rings. The Hall–Kier alpha value is -2.17. The summed E-state index contributed by atoms with van der Waals surface area (Å²) in [5.41, 5.74) is 1.05. The molecule has 5 nitrogen and oxygen atoms in total. The van der Waals surface area contributed by atoms with Crippen LogP contribution in [-0.4, -0.2) is 41.8 Å². The molecule has 1 N–H and O–H groups in total.